The highest BCUT2D eigenvalue weighted by atomic mass is 19.1. The van der Waals surface area contributed by atoms with Crippen LogP contribution in [0.25, 0.3) is 0 Å². The Morgan fingerprint density at radius 1 is 1.25 bits per heavy atom. The molecule has 0 fully saturated rings. The fourth-order valence-electron chi connectivity index (χ4n) is 3.03. The number of hydrogen-bond acceptors (Lipinski definition) is 2. The van der Waals surface area contributed by atoms with Gasteiger partial charge in [0.05, 0.1) is 0 Å². The summed E-state index contributed by atoms with van der Waals surface area (Å²) >= 11 is 0. The van der Waals surface area contributed by atoms with E-state index in [9.17, 15) is 4.39 Å². The average molecular weight is 270 g/mol. The highest BCUT2D eigenvalue weighted by Gasteiger charge is 2.24. The largest absolute Gasteiger partial charge is 0.399 e. The molecule has 0 saturated carbocycles. The molecule has 3 N–H and O–H groups in total. The summed E-state index contributed by atoms with van der Waals surface area (Å²) in [6.45, 7) is 2.01. The zero-order valence-electron chi connectivity index (χ0n) is 11.6. The molecule has 0 spiro atoms. The van der Waals surface area contributed by atoms with Crippen molar-refractivity contribution in [1.82, 2.24) is 5.32 Å². The van der Waals surface area contributed by atoms with Gasteiger partial charge in [-0.3, -0.25) is 0 Å². The molecule has 2 aromatic rings. The summed E-state index contributed by atoms with van der Waals surface area (Å²) in [7, 11) is 0. The molecule has 2 unspecified atom stereocenters. The van der Waals surface area contributed by atoms with Crippen molar-refractivity contribution in [2.24, 2.45) is 0 Å². The van der Waals surface area contributed by atoms with Crippen molar-refractivity contribution in [3.63, 3.8) is 0 Å². The summed E-state index contributed by atoms with van der Waals surface area (Å²) in [5.41, 5.74) is 9.95. The normalized spacial score (nSPS) is 18.8. The van der Waals surface area contributed by atoms with Crippen LogP contribution in [0.15, 0.2) is 42.5 Å². The van der Waals surface area contributed by atoms with Crippen molar-refractivity contribution in [3.05, 3.63) is 65.0 Å². The molecule has 1 aliphatic carbocycles. The van der Waals surface area contributed by atoms with Crippen LogP contribution in [-0.4, -0.2) is 0 Å². The molecule has 2 aromatic carbocycles. The third-order valence-corrected chi connectivity index (χ3v) is 4.07. The first-order chi connectivity index (χ1) is 9.65. The molecule has 0 aliphatic heterocycles. The number of aryl methyl sites for hydroxylation is 1. The van der Waals surface area contributed by atoms with Crippen LogP contribution >= 0.6 is 0 Å². The highest BCUT2D eigenvalue weighted by Crippen LogP contribution is 2.34. The standard InChI is InChI=1S/C17H19FN2/c1-11(14-4-2-3-5-16(14)18)20-17-9-6-12-10-13(19)7-8-15(12)17/h2-5,7-8,10-11,17,20H,6,9,19H2,1H3. The van der Waals surface area contributed by atoms with E-state index >= 15 is 0 Å². The summed E-state index contributed by atoms with van der Waals surface area (Å²) in [6.07, 6.45) is 2.07. The molecule has 0 radical (unpaired) electrons. The number of anilines is 1. The predicted octanol–water partition coefficient (Wildman–Crippen LogP) is 3.75. The lowest BCUT2D eigenvalue weighted by Gasteiger charge is -2.21. The molecular formula is C17H19FN2. The quantitative estimate of drug-likeness (QED) is 0.834. The number of hydrogen-bond donors (Lipinski definition) is 2. The molecule has 0 bridgehead atoms. The van der Waals surface area contributed by atoms with Gasteiger partial charge in [-0.2, -0.15) is 0 Å². The highest BCUT2D eigenvalue weighted by molar-refractivity contribution is 5.47. The van der Waals surface area contributed by atoms with E-state index in [-0.39, 0.29) is 17.9 Å². The summed E-state index contributed by atoms with van der Waals surface area (Å²) < 4.78 is 13.8. The average Bonchev–Trinajstić information content (AvgIpc) is 2.81. The van der Waals surface area contributed by atoms with E-state index in [1.165, 1.54) is 17.2 Å². The lowest BCUT2D eigenvalue weighted by atomic mass is 10.0. The molecule has 0 amide bonds. The van der Waals surface area contributed by atoms with E-state index in [1.807, 2.05) is 31.2 Å². The number of rotatable bonds is 3. The fourth-order valence-corrected chi connectivity index (χ4v) is 3.03. The van der Waals surface area contributed by atoms with Gasteiger partial charge in [-0.25, -0.2) is 4.39 Å². The Hall–Kier alpha value is -1.87. The third-order valence-electron chi connectivity index (χ3n) is 4.07. The molecule has 2 atom stereocenters. The Morgan fingerprint density at radius 3 is 2.85 bits per heavy atom. The van der Waals surface area contributed by atoms with E-state index in [0.717, 1.165) is 24.1 Å². The van der Waals surface area contributed by atoms with Crippen LogP contribution in [0.4, 0.5) is 10.1 Å². The second-order valence-corrected chi connectivity index (χ2v) is 5.46. The van der Waals surface area contributed by atoms with E-state index in [0.29, 0.717) is 0 Å². The predicted molar refractivity (Wildman–Crippen MR) is 79.9 cm³/mol. The third kappa shape index (κ3) is 2.41. The zero-order chi connectivity index (χ0) is 14.1. The van der Waals surface area contributed by atoms with Crippen LogP contribution in [0.3, 0.4) is 0 Å². The lowest BCUT2D eigenvalue weighted by molar-refractivity contribution is 0.450. The first-order valence-corrected chi connectivity index (χ1v) is 7.04. The molecule has 0 aromatic heterocycles. The van der Waals surface area contributed by atoms with Crippen LogP contribution in [0.1, 0.15) is 42.1 Å². The van der Waals surface area contributed by atoms with Crippen LogP contribution in [0.2, 0.25) is 0 Å². The zero-order valence-corrected chi connectivity index (χ0v) is 11.6. The van der Waals surface area contributed by atoms with Gasteiger partial charge in [0.15, 0.2) is 0 Å². The first kappa shape index (κ1) is 13.1. The minimum atomic E-state index is -0.150. The van der Waals surface area contributed by atoms with Gasteiger partial charge in [-0.05, 0) is 49.1 Å². The lowest BCUT2D eigenvalue weighted by Crippen LogP contribution is -2.23. The molecule has 2 nitrogen and oxygen atoms in total. The minimum absolute atomic E-state index is 0.00953. The van der Waals surface area contributed by atoms with Crippen molar-refractivity contribution in [3.8, 4) is 0 Å². The van der Waals surface area contributed by atoms with Crippen molar-refractivity contribution < 1.29 is 4.39 Å². The maximum atomic E-state index is 13.8. The van der Waals surface area contributed by atoms with Crippen LogP contribution < -0.4 is 11.1 Å². The van der Waals surface area contributed by atoms with Gasteiger partial charge < -0.3 is 11.1 Å². The Balaban J connectivity index is 1.79. The van der Waals surface area contributed by atoms with Gasteiger partial charge in [0, 0.05) is 23.3 Å². The number of halogens is 1. The molecule has 3 rings (SSSR count). The Morgan fingerprint density at radius 2 is 2.05 bits per heavy atom. The Bertz CT molecular complexity index is 624. The summed E-state index contributed by atoms with van der Waals surface area (Å²) in [4.78, 5) is 0. The number of benzene rings is 2. The fraction of sp³-hybridized carbons (Fsp3) is 0.294. The van der Waals surface area contributed by atoms with Crippen molar-refractivity contribution in [2.75, 3.05) is 5.73 Å². The van der Waals surface area contributed by atoms with Gasteiger partial charge in [-0.15, -0.1) is 0 Å². The van der Waals surface area contributed by atoms with Crippen LogP contribution in [-0.2, 0) is 6.42 Å². The van der Waals surface area contributed by atoms with Gasteiger partial charge in [0.2, 0.25) is 0 Å². The topological polar surface area (TPSA) is 38.0 Å². The monoisotopic (exact) mass is 270 g/mol. The van der Waals surface area contributed by atoms with Gasteiger partial charge >= 0.3 is 0 Å². The van der Waals surface area contributed by atoms with Crippen LogP contribution in [0.5, 0.6) is 0 Å². The number of nitrogens with one attached hydrogen (secondary N) is 1. The maximum absolute atomic E-state index is 13.8. The maximum Gasteiger partial charge on any atom is 0.127 e. The number of nitrogen functional groups attached to an aromatic ring is 1. The molecule has 1 aliphatic rings. The van der Waals surface area contributed by atoms with Gasteiger partial charge in [-0.1, -0.05) is 24.3 Å². The summed E-state index contributed by atoms with van der Waals surface area (Å²) in [5, 5.41) is 3.53. The van der Waals surface area contributed by atoms with Crippen molar-refractivity contribution in [2.45, 2.75) is 31.8 Å². The number of fused-ring (bicyclic) bond motifs is 1. The minimum Gasteiger partial charge on any atom is -0.399 e. The van der Waals surface area contributed by atoms with Gasteiger partial charge in [0.25, 0.3) is 0 Å². The smallest absolute Gasteiger partial charge is 0.127 e. The Labute approximate surface area is 118 Å². The number of nitrogens with two attached hydrogens (primary N) is 1. The molecule has 3 heteroatoms. The second kappa shape index (κ2) is 5.25. The van der Waals surface area contributed by atoms with Crippen molar-refractivity contribution in [1.29, 1.82) is 0 Å². The summed E-state index contributed by atoms with van der Waals surface area (Å²) in [5.74, 6) is -0.150. The van der Waals surface area contributed by atoms with Gasteiger partial charge in [0.1, 0.15) is 5.82 Å². The van der Waals surface area contributed by atoms with Crippen molar-refractivity contribution >= 4 is 5.69 Å². The molecule has 0 saturated heterocycles. The van der Waals surface area contributed by atoms with Crippen LogP contribution in [0, 0.1) is 5.82 Å². The Kier molecular flexibility index (Phi) is 3.45. The molecule has 20 heavy (non-hydrogen) atoms. The first-order valence-electron chi connectivity index (χ1n) is 7.04. The molecular weight excluding hydrogens is 251 g/mol. The van der Waals surface area contributed by atoms with E-state index in [4.69, 9.17) is 5.73 Å². The SMILES string of the molecule is CC(NC1CCc2cc(N)ccc21)c1ccccc1F. The molecule has 0 heterocycles. The molecule has 104 valence electrons. The summed E-state index contributed by atoms with van der Waals surface area (Å²) in [6, 6.07) is 13.3. The second-order valence-electron chi connectivity index (χ2n) is 5.46. The van der Waals surface area contributed by atoms with E-state index in [1.54, 1.807) is 6.07 Å². The van der Waals surface area contributed by atoms with E-state index in [2.05, 4.69) is 11.4 Å². The van der Waals surface area contributed by atoms with E-state index < -0.39 is 0 Å².